The maximum absolute atomic E-state index is 13.4. The molecule has 2 N–H and O–H groups in total. The number of rotatable bonds is 7. The molecule has 32 heavy (non-hydrogen) atoms. The minimum absolute atomic E-state index is 0.0614. The van der Waals surface area contributed by atoms with Gasteiger partial charge in [0.15, 0.2) is 0 Å². The topological polar surface area (TPSA) is 84.6 Å². The number of thiophene rings is 1. The maximum Gasteiger partial charge on any atom is 0.242 e. The molecule has 3 aromatic rings. The number of fused-ring (bicyclic) bond motifs is 1. The number of carbonyl (C=O) groups is 1. The van der Waals surface area contributed by atoms with Crippen LogP contribution < -0.4 is 5.73 Å². The Balaban J connectivity index is 1.49. The van der Waals surface area contributed by atoms with Crippen LogP contribution in [0.15, 0.2) is 42.7 Å². The summed E-state index contributed by atoms with van der Waals surface area (Å²) in [6.07, 6.45) is 5.58. The fourth-order valence-corrected chi connectivity index (χ4v) is 5.03. The number of piperazine rings is 1. The molecule has 1 aliphatic heterocycles. The number of carbonyl (C=O) groups excluding carboxylic acids is 1. The molecule has 9 heteroatoms. The van der Waals surface area contributed by atoms with Crippen LogP contribution in [0.5, 0.6) is 0 Å². The van der Waals surface area contributed by atoms with Crippen molar-refractivity contribution in [2.45, 2.75) is 25.6 Å². The summed E-state index contributed by atoms with van der Waals surface area (Å²) in [4.78, 5) is 27.0. The average Bonchev–Trinajstić information content (AvgIpc) is 3.19. The zero-order valence-electron chi connectivity index (χ0n) is 18.1. The summed E-state index contributed by atoms with van der Waals surface area (Å²) in [6.45, 7) is 4.37. The second kappa shape index (κ2) is 9.95. The Hall–Kier alpha value is -2.52. The third-order valence-electron chi connectivity index (χ3n) is 5.66. The number of nitrogens with zero attached hydrogens (tertiary/aromatic N) is 4. The molecule has 4 rings (SSSR count). The Morgan fingerprint density at radius 1 is 1.31 bits per heavy atom. The molecule has 0 spiro atoms. The van der Waals surface area contributed by atoms with E-state index in [-0.39, 0.29) is 18.0 Å². The van der Waals surface area contributed by atoms with Gasteiger partial charge >= 0.3 is 0 Å². The molecule has 0 bridgehead atoms. The van der Waals surface area contributed by atoms with Gasteiger partial charge in [-0.1, -0.05) is 23.7 Å². The first kappa shape index (κ1) is 22.7. The van der Waals surface area contributed by atoms with E-state index in [1.807, 2.05) is 41.3 Å². The lowest BCUT2D eigenvalue weighted by Gasteiger charge is -2.44. The standard InChI is InChI=1S/C23H26ClN5O2S/c1-15-11-28(9-3-4-17-6-8-21(24)32-17)20(13-31-2)23(30)29(15)12-16-5-7-18-19(10-16)26-14-27-22(18)25/h3-8,10,14-15,20H,9,11-13H2,1-2H3,(H2,25,26,27)/t15?,20-/m0/s1. The number of benzene rings is 1. The van der Waals surface area contributed by atoms with E-state index in [1.165, 1.54) is 17.7 Å². The van der Waals surface area contributed by atoms with Crippen molar-refractivity contribution in [2.75, 3.05) is 32.5 Å². The number of nitrogen functional groups attached to an aromatic ring is 1. The molecule has 0 aliphatic carbocycles. The van der Waals surface area contributed by atoms with Gasteiger partial charge in [0.1, 0.15) is 18.2 Å². The van der Waals surface area contributed by atoms with E-state index < -0.39 is 0 Å². The smallest absolute Gasteiger partial charge is 0.242 e. The van der Waals surface area contributed by atoms with Crippen LogP contribution in [0.3, 0.4) is 0 Å². The van der Waals surface area contributed by atoms with Crippen LogP contribution in [-0.4, -0.2) is 64.6 Å². The van der Waals surface area contributed by atoms with Gasteiger partial charge in [-0.15, -0.1) is 11.3 Å². The Bertz CT molecular complexity index is 1130. The second-order valence-electron chi connectivity index (χ2n) is 7.89. The maximum atomic E-state index is 13.4. The quantitative estimate of drug-likeness (QED) is 0.565. The highest BCUT2D eigenvalue weighted by molar-refractivity contribution is 7.16. The number of methoxy groups -OCH3 is 1. The van der Waals surface area contributed by atoms with Crippen molar-refractivity contribution < 1.29 is 9.53 Å². The average molecular weight is 472 g/mol. The number of ether oxygens (including phenoxy) is 1. The van der Waals surface area contributed by atoms with Crippen LogP contribution in [0.2, 0.25) is 4.34 Å². The molecule has 1 unspecified atom stereocenters. The number of hydrogen-bond donors (Lipinski definition) is 1. The van der Waals surface area contributed by atoms with E-state index in [4.69, 9.17) is 22.1 Å². The lowest BCUT2D eigenvalue weighted by Crippen LogP contribution is -2.61. The van der Waals surface area contributed by atoms with Crippen molar-refractivity contribution in [3.8, 4) is 0 Å². The molecule has 1 aromatic carbocycles. The Morgan fingerprint density at radius 3 is 2.91 bits per heavy atom. The minimum atomic E-state index is -0.328. The fourth-order valence-electron chi connectivity index (χ4n) is 4.04. The van der Waals surface area contributed by atoms with Crippen molar-refractivity contribution in [3.05, 3.63) is 57.5 Å². The summed E-state index contributed by atoms with van der Waals surface area (Å²) in [5.41, 5.74) is 7.72. The molecule has 0 radical (unpaired) electrons. The van der Waals surface area contributed by atoms with E-state index in [0.29, 0.717) is 25.5 Å². The molecule has 168 valence electrons. The van der Waals surface area contributed by atoms with Crippen molar-refractivity contribution in [2.24, 2.45) is 0 Å². The number of hydrogen-bond acceptors (Lipinski definition) is 7. The number of aromatic nitrogens is 2. The van der Waals surface area contributed by atoms with Gasteiger partial charge in [-0.2, -0.15) is 0 Å². The molecule has 3 heterocycles. The fraction of sp³-hybridized carbons (Fsp3) is 0.348. The summed E-state index contributed by atoms with van der Waals surface area (Å²) in [7, 11) is 1.63. The zero-order chi connectivity index (χ0) is 22.7. The van der Waals surface area contributed by atoms with Crippen LogP contribution in [0, 0.1) is 0 Å². The Kier molecular flexibility index (Phi) is 7.05. The van der Waals surface area contributed by atoms with E-state index in [1.54, 1.807) is 7.11 Å². The van der Waals surface area contributed by atoms with Gasteiger partial charge in [0, 0.05) is 43.0 Å². The van der Waals surface area contributed by atoms with E-state index in [2.05, 4.69) is 27.9 Å². The van der Waals surface area contributed by atoms with Crippen molar-refractivity contribution >= 4 is 51.6 Å². The number of anilines is 1. The molecule has 1 fully saturated rings. The lowest BCUT2D eigenvalue weighted by molar-refractivity contribution is -0.148. The largest absolute Gasteiger partial charge is 0.383 e. The van der Waals surface area contributed by atoms with Crippen molar-refractivity contribution in [1.82, 2.24) is 19.8 Å². The first-order valence-corrected chi connectivity index (χ1v) is 11.6. The Morgan fingerprint density at radius 2 is 2.16 bits per heavy atom. The normalized spacial score (nSPS) is 20.0. The van der Waals surface area contributed by atoms with Gasteiger partial charge in [-0.25, -0.2) is 9.97 Å². The summed E-state index contributed by atoms with van der Waals surface area (Å²) < 4.78 is 6.16. The van der Waals surface area contributed by atoms with E-state index >= 15 is 0 Å². The highest BCUT2D eigenvalue weighted by Crippen LogP contribution is 2.24. The number of halogens is 1. The van der Waals surface area contributed by atoms with Crippen LogP contribution in [0.4, 0.5) is 5.82 Å². The number of nitrogens with two attached hydrogens (primary N) is 1. The summed E-state index contributed by atoms with van der Waals surface area (Å²) in [5, 5.41) is 0.816. The lowest BCUT2D eigenvalue weighted by atomic mass is 10.0. The highest BCUT2D eigenvalue weighted by Gasteiger charge is 2.38. The predicted octanol–water partition coefficient (Wildman–Crippen LogP) is 3.69. The molecule has 7 nitrogen and oxygen atoms in total. The van der Waals surface area contributed by atoms with Crippen LogP contribution in [0.1, 0.15) is 17.4 Å². The van der Waals surface area contributed by atoms with Gasteiger partial charge in [0.2, 0.25) is 5.91 Å². The van der Waals surface area contributed by atoms with Crippen LogP contribution >= 0.6 is 22.9 Å². The summed E-state index contributed by atoms with van der Waals surface area (Å²) in [6, 6.07) is 9.48. The van der Waals surface area contributed by atoms with Gasteiger partial charge in [0.25, 0.3) is 0 Å². The van der Waals surface area contributed by atoms with E-state index in [0.717, 1.165) is 32.2 Å². The summed E-state index contributed by atoms with van der Waals surface area (Å²) in [5.74, 6) is 0.526. The van der Waals surface area contributed by atoms with Gasteiger partial charge in [-0.05, 0) is 42.8 Å². The van der Waals surface area contributed by atoms with Gasteiger partial charge in [-0.3, -0.25) is 9.69 Å². The SMILES string of the molecule is COC[C@H]1C(=O)N(Cc2ccc3c(N)ncnc3c2)C(C)CN1CC=Cc1ccc(Cl)s1. The molecule has 0 saturated carbocycles. The van der Waals surface area contributed by atoms with Crippen molar-refractivity contribution in [1.29, 1.82) is 0 Å². The van der Waals surface area contributed by atoms with Crippen LogP contribution in [0.25, 0.3) is 17.0 Å². The monoisotopic (exact) mass is 471 g/mol. The molecule has 1 saturated heterocycles. The first-order chi connectivity index (χ1) is 15.5. The molecular weight excluding hydrogens is 446 g/mol. The summed E-state index contributed by atoms with van der Waals surface area (Å²) >= 11 is 7.54. The van der Waals surface area contributed by atoms with E-state index in [9.17, 15) is 4.79 Å². The third-order valence-corrected chi connectivity index (χ3v) is 6.86. The molecule has 2 atom stereocenters. The van der Waals surface area contributed by atoms with Crippen LogP contribution in [-0.2, 0) is 16.1 Å². The number of amides is 1. The minimum Gasteiger partial charge on any atom is -0.383 e. The molecule has 1 aliphatic rings. The molecular formula is C23H26ClN5O2S. The van der Waals surface area contributed by atoms with Crippen molar-refractivity contribution in [3.63, 3.8) is 0 Å². The Labute approximate surface area is 196 Å². The van der Waals surface area contributed by atoms with Gasteiger partial charge in [0.05, 0.1) is 16.5 Å². The second-order valence-corrected chi connectivity index (χ2v) is 9.64. The molecule has 2 aromatic heterocycles. The molecule has 1 amide bonds. The highest BCUT2D eigenvalue weighted by atomic mass is 35.5. The zero-order valence-corrected chi connectivity index (χ0v) is 19.6. The van der Waals surface area contributed by atoms with Gasteiger partial charge < -0.3 is 15.4 Å². The first-order valence-electron chi connectivity index (χ1n) is 10.4. The predicted molar refractivity (Wildman–Crippen MR) is 130 cm³/mol. The third kappa shape index (κ3) is 4.94.